The third kappa shape index (κ3) is 2.75. The molecule has 1 aromatic carbocycles. The number of nitrogens with zero attached hydrogens (tertiary/aromatic N) is 1. The number of nitrogens with two attached hydrogens (primary N) is 2. The summed E-state index contributed by atoms with van der Waals surface area (Å²) < 4.78 is 13.2. The van der Waals surface area contributed by atoms with Gasteiger partial charge in [-0.05, 0) is 30.7 Å². The van der Waals surface area contributed by atoms with E-state index in [1.165, 1.54) is 12.1 Å². The second kappa shape index (κ2) is 5.83. The number of amides is 2. The van der Waals surface area contributed by atoms with Crippen molar-refractivity contribution in [3.8, 4) is 6.07 Å². The summed E-state index contributed by atoms with van der Waals surface area (Å²) in [6.45, 7) is 1.56. The fraction of sp³-hybridized carbons (Fsp3) is 0.0714. The van der Waals surface area contributed by atoms with Crippen molar-refractivity contribution in [2.75, 3.05) is 11.1 Å². The van der Waals surface area contributed by atoms with Crippen LogP contribution < -0.4 is 16.8 Å². The molecule has 5 N–H and O–H groups in total. The number of carbonyl (C=O) groups is 2. The van der Waals surface area contributed by atoms with E-state index in [0.717, 1.165) is 17.4 Å². The number of rotatable bonds is 3. The zero-order valence-electron chi connectivity index (χ0n) is 11.4. The highest BCUT2D eigenvalue weighted by atomic mass is 32.1. The molecule has 0 radical (unpaired) electrons. The van der Waals surface area contributed by atoms with Gasteiger partial charge in [-0.1, -0.05) is 0 Å². The number of hydrogen-bond donors (Lipinski definition) is 3. The Labute approximate surface area is 129 Å². The number of carbonyl (C=O) groups excluding carboxylic acids is 2. The summed E-state index contributed by atoms with van der Waals surface area (Å²) in [5.74, 6) is -1.90. The average Bonchev–Trinajstić information content (AvgIpc) is 2.76. The Bertz CT molecular complexity index is 823. The molecule has 1 aromatic heterocycles. The number of hydrogen-bond acceptors (Lipinski definition) is 5. The predicted octanol–water partition coefficient (Wildman–Crippen LogP) is 2.00. The molecular weight excluding hydrogens is 307 g/mol. The molecule has 1 heterocycles. The molecule has 0 fully saturated rings. The lowest BCUT2D eigenvalue weighted by Gasteiger charge is -2.05. The van der Waals surface area contributed by atoms with Crippen LogP contribution in [-0.4, -0.2) is 11.8 Å². The fourth-order valence-electron chi connectivity index (χ4n) is 1.94. The first-order valence-corrected chi connectivity index (χ1v) is 6.86. The van der Waals surface area contributed by atoms with Gasteiger partial charge in [0, 0.05) is 5.69 Å². The molecule has 0 aliphatic rings. The Hall–Kier alpha value is -2.92. The molecule has 2 aromatic rings. The molecular formula is C14H11FN4O2S. The summed E-state index contributed by atoms with van der Waals surface area (Å²) in [6, 6.07) is 5.31. The zero-order valence-corrected chi connectivity index (χ0v) is 12.3. The second-order valence-corrected chi connectivity index (χ2v) is 5.47. The molecule has 0 spiro atoms. The van der Waals surface area contributed by atoms with Crippen LogP contribution in [0.2, 0.25) is 0 Å². The number of halogens is 1. The molecule has 0 saturated carbocycles. The number of nitrogens with one attached hydrogen (secondary N) is 1. The number of anilines is 2. The molecule has 0 aliphatic heterocycles. The van der Waals surface area contributed by atoms with Crippen LogP contribution in [0, 0.1) is 24.1 Å². The fourth-order valence-corrected chi connectivity index (χ4v) is 2.91. The molecule has 112 valence electrons. The van der Waals surface area contributed by atoms with Crippen molar-refractivity contribution < 1.29 is 14.0 Å². The summed E-state index contributed by atoms with van der Waals surface area (Å²) in [4.78, 5) is 23.8. The van der Waals surface area contributed by atoms with Crippen molar-refractivity contribution in [1.82, 2.24) is 0 Å². The predicted molar refractivity (Wildman–Crippen MR) is 81.1 cm³/mol. The Morgan fingerprint density at radius 1 is 1.41 bits per heavy atom. The lowest BCUT2D eigenvalue weighted by Crippen LogP contribution is -2.15. The van der Waals surface area contributed by atoms with Crippen LogP contribution in [0.1, 0.15) is 31.2 Å². The molecule has 8 heteroatoms. The van der Waals surface area contributed by atoms with Crippen molar-refractivity contribution in [1.29, 1.82) is 5.26 Å². The van der Waals surface area contributed by atoms with Gasteiger partial charge in [0.2, 0.25) is 0 Å². The third-order valence-electron chi connectivity index (χ3n) is 2.97. The van der Waals surface area contributed by atoms with Crippen molar-refractivity contribution in [2.45, 2.75) is 6.92 Å². The Balaban J connectivity index is 2.33. The highest BCUT2D eigenvalue weighted by Crippen LogP contribution is 2.30. The van der Waals surface area contributed by atoms with Gasteiger partial charge in [0.05, 0.1) is 21.0 Å². The number of nitrogen functional groups attached to an aromatic ring is 1. The molecule has 6 nitrogen and oxygen atoms in total. The van der Waals surface area contributed by atoms with Gasteiger partial charge in [-0.2, -0.15) is 5.26 Å². The summed E-state index contributed by atoms with van der Waals surface area (Å²) >= 11 is 0.936. The van der Waals surface area contributed by atoms with Crippen molar-refractivity contribution >= 4 is 33.8 Å². The van der Waals surface area contributed by atoms with E-state index in [1.54, 1.807) is 13.0 Å². The van der Waals surface area contributed by atoms with E-state index >= 15 is 0 Å². The topological polar surface area (TPSA) is 122 Å². The molecule has 0 saturated heterocycles. The van der Waals surface area contributed by atoms with Gasteiger partial charge in [0.25, 0.3) is 11.8 Å². The highest BCUT2D eigenvalue weighted by Gasteiger charge is 2.22. The van der Waals surface area contributed by atoms with Gasteiger partial charge in [0.1, 0.15) is 11.9 Å². The minimum atomic E-state index is -0.709. The molecule has 0 aliphatic carbocycles. The van der Waals surface area contributed by atoms with Gasteiger partial charge in [-0.3, -0.25) is 9.59 Å². The molecule has 2 rings (SSSR count). The van der Waals surface area contributed by atoms with Crippen LogP contribution >= 0.6 is 11.3 Å². The highest BCUT2D eigenvalue weighted by molar-refractivity contribution is 7.18. The third-order valence-corrected chi connectivity index (χ3v) is 4.09. The lowest BCUT2D eigenvalue weighted by atomic mass is 10.1. The first-order chi connectivity index (χ1) is 10.3. The van der Waals surface area contributed by atoms with Crippen LogP contribution in [0.4, 0.5) is 15.1 Å². The van der Waals surface area contributed by atoms with Crippen molar-refractivity contribution in [3.05, 3.63) is 45.6 Å². The van der Waals surface area contributed by atoms with Gasteiger partial charge in [-0.25, -0.2) is 4.39 Å². The summed E-state index contributed by atoms with van der Waals surface area (Å²) in [6.07, 6.45) is 0. The van der Waals surface area contributed by atoms with E-state index in [9.17, 15) is 14.0 Å². The first kappa shape index (κ1) is 15.5. The van der Waals surface area contributed by atoms with Crippen LogP contribution in [-0.2, 0) is 0 Å². The van der Waals surface area contributed by atoms with E-state index in [4.69, 9.17) is 16.7 Å². The molecule has 0 unspecified atom stereocenters. The maximum absolute atomic E-state index is 13.2. The number of primary amides is 1. The summed E-state index contributed by atoms with van der Waals surface area (Å²) in [7, 11) is 0. The van der Waals surface area contributed by atoms with Crippen molar-refractivity contribution in [3.63, 3.8) is 0 Å². The van der Waals surface area contributed by atoms with Crippen molar-refractivity contribution in [2.24, 2.45) is 5.73 Å². The van der Waals surface area contributed by atoms with Crippen LogP contribution in [0.5, 0.6) is 0 Å². The minimum Gasteiger partial charge on any atom is -0.390 e. The SMILES string of the molecule is Cc1c(C(=O)Nc2ccc(F)c(C#N)c2)sc(N)c1C(N)=O. The Morgan fingerprint density at radius 2 is 2.09 bits per heavy atom. The normalized spacial score (nSPS) is 10.0. The Morgan fingerprint density at radius 3 is 2.64 bits per heavy atom. The molecule has 0 bridgehead atoms. The number of nitriles is 1. The number of benzene rings is 1. The average molecular weight is 318 g/mol. The lowest BCUT2D eigenvalue weighted by molar-refractivity contribution is 0.100. The largest absolute Gasteiger partial charge is 0.390 e. The summed E-state index contributed by atoms with van der Waals surface area (Å²) in [5.41, 5.74) is 11.5. The van der Waals surface area contributed by atoms with Gasteiger partial charge >= 0.3 is 0 Å². The van der Waals surface area contributed by atoms with Crippen LogP contribution in [0.15, 0.2) is 18.2 Å². The first-order valence-electron chi connectivity index (χ1n) is 6.04. The quantitative estimate of drug-likeness (QED) is 0.801. The van der Waals surface area contributed by atoms with E-state index in [1.807, 2.05) is 0 Å². The standard InChI is InChI=1S/C14H11FN4O2S/c1-6-10(12(17)20)13(18)22-11(6)14(21)19-8-2-3-9(15)7(4-8)5-16/h2-4H,18H2,1H3,(H2,17,20)(H,19,21). The minimum absolute atomic E-state index is 0.118. The van der Waals surface area contributed by atoms with Gasteiger partial charge in [-0.15, -0.1) is 11.3 Å². The van der Waals surface area contributed by atoms with E-state index in [0.29, 0.717) is 5.56 Å². The van der Waals surface area contributed by atoms with Crippen LogP contribution in [0.3, 0.4) is 0 Å². The van der Waals surface area contributed by atoms with E-state index in [-0.39, 0.29) is 26.7 Å². The molecule has 2 amide bonds. The molecule has 0 atom stereocenters. The maximum Gasteiger partial charge on any atom is 0.266 e. The van der Waals surface area contributed by atoms with E-state index in [2.05, 4.69) is 5.32 Å². The number of thiophene rings is 1. The monoisotopic (exact) mass is 318 g/mol. The molecule has 22 heavy (non-hydrogen) atoms. The maximum atomic E-state index is 13.2. The second-order valence-electron chi connectivity index (χ2n) is 4.42. The summed E-state index contributed by atoms with van der Waals surface area (Å²) in [5, 5.41) is 11.5. The zero-order chi connectivity index (χ0) is 16.4. The van der Waals surface area contributed by atoms with Crippen LogP contribution in [0.25, 0.3) is 0 Å². The smallest absolute Gasteiger partial charge is 0.266 e. The van der Waals surface area contributed by atoms with E-state index < -0.39 is 17.6 Å². The van der Waals surface area contributed by atoms with Gasteiger partial charge in [0.15, 0.2) is 0 Å². The van der Waals surface area contributed by atoms with Gasteiger partial charge < -0.3 is 16.8 Å². The Kier molecular flexibility index (Phi) is 4.10.